The summed E-state index contributed by atoms with van der Waals surface area (Å²) >= 11 is 0. The molecule has 1 saturated heterocycles. The summed E-state index contributed by atoms with van der Waals surface area (Å²) in [7, 11) is 1.88. The summed E-state index contributed by atoms with van der Waals surface area (Å²) in [6, 6.07) is 6.68. The predicted molar refractivity (Wildman–Crippen MR) is 132 cm³/mol. The highest BCUT2D eigenvalue weighted by molar-refractivity contribution is 5.93. The van der Waals surface area contributed by atoms with E-state index in [-0.39, 0.29) is 29.7 Å². The summed E-state index contributed by atoms with van der Waals surface area (Å²) < 4.78 is 0. The number of likely N-dealkylation sites (tertiary alicyclic amines) is 1. The molecule has 3 N–H and O–H groups in total. The van der Waals surface area contributed by atoms with Gasteiger partial charge in [-0.3, -0.25) is 14.4 Å². The van der Waals surface area contributed by atoms with Crippen LogP contribution in [0.3, 0.4) is 0 Å². The molecule has 7 heteroatoms. The molecular formula is C27H40N4O3. The molecule has 1 aromatic rings. The fourth-order valence-electron chi connectivity index (χ4n) is 6.12. The van der Waals surface area contributed by atoms with Gasteiger partial charge in [-0.05, 0) is 68.9 Å². The summed E-state index contributed by atoms with van der Waals surface area (Å²) in [5.41, 5.74) is 8.35. The fraction of sp³-hybridized carbons (Fsp3) is 0.667. The third kappa shape index (κ3) is 5.14. The summed E-state index contributed by atoms with van der Waals surface area (Å²) in [5.74, 6) is -0.312. The second kappa shape index (κ2) is 10.9. The van der Waals surface area contributed by atoms with Crippen LogP contribution in [0.1, 0.15) is 81.9 Å². The molecule has 4 atom stereocenters. The van der Waals surface area contributed by atoms with Crippen LogP contribution in [0.25, 0.3) is 0 Å². The minimum Gasteiger partial charge on any atom is -0.343 e. The lowest BCUT2D eigenvalue weighted by Crippen LogP contribution is -2.58. The predicted octanol–water partition coefficient (Wildman–Crippen LogP) is 2.93. The molecule has 0 aromatic heterocycles. The molecule has 1 aliphatic heterocycles. The van der Waals surface area contributed by atoms with Crippen LogP contribution < -0.4 is 11.1 Å². The van der Waals surface area contributed by atoms with E-state index >= 15 is 0 Å². The molecule has 34 heavy (non-hydrogen) atoms. The van der Waals surface area contributed by atoms with E-state index in [1.54, 1.807) is 11.8 Å². The van der Waals surface area contributed by atoms with E-state index in [4.69, 9.17) is 5.73 Å². The molecule has 0 spiro atoms. The number of hydrogen-bond acceptors (Lipinski definition) is 4. The first-order valence-electron chi connectivity index (χ1n) is 13.1. The van der Waals surface area contributed by atoms with Gasteiger partial charge in [0, 0.05) is 13.6 Å². The van der Waals surface area contributed by atoms with Gasteiger partial charge in [-0.15, -0.1) is 0 Å². The maximum absolute atomic E-state index is 13.8. The Labute approximate surface area is 203 Å². The molecule has 0 bridgehead atoms. The SMILES string of the molecule is C[C@H](N)C(=O)N[C@H](C(=O)N1CCC[C@H]1C(=O)N(C)[C@@H]1CCCc2ccccc21)C1CCCCC1. The van der Waals surface area contributed by atoms with E-state index in [1.165, 1.54) is 11.1 Å². The maximum atomic E-state index is 13.8. The van der Waals surface area contributed by atoms with Crippen LogP contribution in [0.15, 0.2) is 24.3 Å². The van der Waals surface area contributed by atoms with Crippen LogP contribution in [0, 0.1) is 5.92 Å². The summed E-state index contributed by atoms with van der Waals surface area (Å²) in [6.07, 6.45) is 9.64. The number of nitrogens with one attached hydrogen (secondary N) is 1. The first-order chi connectivity index (χ1) is 16.4. The van der Waals surface area contributed by atoms with Gasteiger partial charge in [0.05, 0.1) is 12.1 Å². The van der Waals surface area contributed by atoms with Crippen molar-refractivity contribution in [3.05, 3.63) is 35.4 Å². The van der Waals surface area contributed by atoms with E-state index in [1.807, 2.05) is 18.0 Å². The Kier molecular flexibility index (Phi) is 7.91. The molecule has 3 amide bonds. The van der Waals surface area contributed by atoms with Crippen molar-refractivity contribution in [1.29, 1.82) is 0 Å². The van der Waals surface area contributed by atoms with Crippen molar-refractivity contribution in [2.75, 3.05) is 13.6 Å². The minimum atomic E-state index is -0.674. The van der Waals surface area contributed by atoms with Crippen molar-refractivity contribution in [2.45, 2.75) is 95.3 Å². The number of nitrogens with two attached hydrogens (primary N) is 1. The van der Waals surface area contributed by atoms with Gasteiger partial charge in [-0.25, -0.2) is 0 Å². The lowest BCUT2D eigenvalue weighted by Gasteiger charge is -2.38. The highest BCUT2D eigenvalue weighted by Gasteiger charge is 2.42. The molecule has 1 saturated carbocycles. The smallest absolute Gasteiger partial charge is 0.246 e. The summed E-state index contributed by atoms with van der Waals surface area (Å²) in [6.45, 7) is 2.19. The number of amides is 3. The zero-order chi connectivity index (χ0) is 24.2. The second-order valence-corrected chi connectivity index (χ2v) is 10.4. The second-order valence-electron chi connectivity index (χ2n) is 10.4. The Morgan fingerprint density at radius 1 is 1.03 bits per heavy atom. The normalized spacial score (nSPS) is 24.7. The minimum absolute atomic E-state index is 0.00784. The number of aryl methyl sites for hydroxylation is 1. The van der Waals surface area contributed by atoms with Crippen LogP contribution in [0.2, 0.25) is 0 Å². The molecule has 4 rings (SSSR count). The monoisotopic (exact) mass is 468 g/mol. The van der Waals surface area contributed by atoms with Crippen LogP contribution in [0.4, 0.5) is 0 Å². The number of rotatable bonds is 6. The fourth-order valence-corrected chi connectivity index (χ4v) is 6.12. The number of hydrogen-bond donors (Lipinski definition) is 2. The standard InChI is InChI=1S/C27H40N4O3/c1-18(28)25(32)29-24(20-11-4-3-5-12-20)27(34)31-17-9-16-23(31)26(33)30(2)22-15-8-13-19-10-6-7-14-21(19)22/h6-7,10,14,18,20,22-24H,3-5,8-9,11-13,15-17,28H2,1-2H3,(H,29,32)/t18-,22+,23-,24-/m0/s1. The number of likely N-dealkylation sites (N-methyl/N-ethyl adjacent to an activating group) is 1. The van der Waals surface area contributed by atoms with E-state index < -0.39 is 18.1 Å². The third-order valence-electron chi connectivity index (χ3n) is 8.07. The Morgan fingerprint density at radius 3 is 2.50 bits per heavy atom. The molecule has 0 unspecified atom stereocenters. The van der Waals surface area contributed by atoms with Crippen molar-refractivity contribution in [1.82, 2.24) is 15.1 Å². The largest absolute Gasteiger partial charge is 0.343 e. The van der Waals surface area contributed by atoms with Gasteiger partial charge in [-0.2, -0.15) is 0 Å². The zero-order valence-corrected chi connectivity index (χ0v) is 20.7. The number of benzene rings is 1. The average molecular weight is 469 g/mol. The zero-order valence-electron chi connectivity index (χ0n) is 20.7. The molecule has 1 heterocycles. The third-order valence-corrected chi connectivity index (χ3v) is 8.07. The quantitative estimate of drug-likeness (QED) is 0.671. The van der Waals surface area contributed by atoms with Gasteiger partial charge in [0.2, 0.25) is 17.7 Å². The van der Waals surface area contributed by atoms with E-state index in [0.29, 0.717) is 13.0 Å². The Hall–Kier alpha value is -2.41. The Morgan fingerprint density at radius 2 is 1.76 bits per heavy atom. The lowest BCUT2D eigenvalue weighted by atomic mass is 9.83. The van der Waals surface area contributed by atoms with Gasteiger partial charge < -0.3 is 20.9 Å². The molecule has 186 valence electrons. The number of carbonyl (C=O) groups is 3. The highest BCUT2D eigenvalue weighted by atomic mass is 16.2. The van der Waals surface area contributed by atoms with Crippen LogP contribution in [0.5, 0.6) is 0 Å². The van der Waals surface area contributed by atoms with E-state index in [0.717, 1.165) is 57.8 Å². The first kappa shape index (κ1) is 24.7. The van der Waals surface area contributed by atoms with Gasteiger partial charge in [0.15, 0.2) is 0 Å². The number of fused-ring (bicyclic) bond motifs is 1. The number of nitrogens with zero attached hydrogens (tertiary/aromatic N) is 2. The van der Waals surface area contributed by atoms with Crippen LogP contribution >= 0.6 is 0 Å². The molecule has 2 fully saturated rings. The lowest BCUT2D eigenvalue weighted by molar-refractivity contribution is -0.147. The van der Waals surface area contributed by atoms with Crippen LogP contribution in [-0.2, 0) is 20.8 Å². The van der Waals surface area contributed by atoms with Crippen molar-refractivity contribution in [2.24, 2.45) is 11.7 Å². The van der Waals surface area contributed by atoms with Crippen molar-refractivity contribution in [3.8, 4) is 0 Å². The molecule has 0 radical (unpaired) electrons. The topological polar surface area (TPSA) is 95.7 Å². The molecule has 3 aliphatic rings. The van der Waals surface area contributed by atoms with Crippen LogP contribution in [-0.4, -0.2) is 59.2 Å². The first-order valence-corrected chi connectivity index (χ1v) is 13.1. The van der Waals surface area contributed by atoms with Gasteiger partial charge in [0.25, 0.3) is 0 Å². The summed E-state index contributed by atoms with van der Waals surface area (Å²) in [5, 5.41) is 2.95. The van der Waals surface area contributed by atoms with Crippen molar-refractivity contribution in [3.63, 3.8) is 0 Å². The average Bonchev–Trinajstić information content (AvgIpc) is 3.36. The number of carbonyl (C=O) groups excluding carboxylic acids is 3. The van der Waals surface area contributed by atoms with Crippen molar-refractivity contribution < 1.29 is 14.4 Å². The Bertz CT molecular complexity index is 896. The maximum Gasteiger partial charge on any atom is 0.246 e. The highest BCUT2D eigenvalue weighted by Crippen LogP contribution is 2.35. The molecule has 1 aromatic carbocycles. The molecule has 7 nitrogen and oxygen atoms in total. The van der Waals surface area contributed by atoms with E-state index in [2.05, 4.69) is 23.5 Å². The summed E-state index contributed by atoms with van der Waals surface area (Å²) in [4.78, 5) is 43.6. The molecule has 2 aliphatic carbocycles. The van der Waals surface area contributed by atoms with Gasteiger partial charge in [0.1, 0.15) is 12.1 Å². The Balaban J connectivity index is 1.52. The van der Waals surface area contributed by atoms with Crippen molar-refractivity contribution >= 4 is 17.7 Å². The molecular weight excluding hydrogens is 428 g/mol. The van der Waals surface area contributed by atoms with Gasteiger partial charge in [-0.1, -0.05) is 43.5 Å². The van der Waals surface area contributed by atoms with Gasteiger partial charge >= 0.3 is 0 Å². The van der Waals surface area contributed by atoms with E-state index in [9.17, 15) is 14.4 Å².